The Bertz CT molecular complexity index is 260. The maximum Gasteiger partial charge on any atom is 0.0497 e. The molecule has 4 atom stereocenters. The highest BCUT2D eigenvalue weighted by Gasteiger charge is 2.39. The first kappa shape index (κ1) is 15.3. The van der Waals surface area contributed by atoms with Crippen molar-refractivity contribution in [3.63, 3.8) is 0 Å². The van der Waals surface area contributed by atoms with Gasteiger partial charge in [-0.3, -0.25) is 0 Å². The highest BCUT2D eigenvalue weighted by Crippen LogP contribution is 2.46. The van der Waals surface area contributed by atoms with Gasteiger partial charge in [-0.2, -0.15) is 0 Å². The van der Waals surface area contributed by atoms with E-state index in [2.05, 4.69) is 33.1 Å². The Morgan fingerprint density at radius 2 is 1.95 bits per heavy atom. The van der Waals surface area contributed by atoms with Gasteiger partial charge in [0, 0.05) is 13.2 Å². The zero-order valence-electron chi connectivity index (χ0n) is 13.4. The van der Waals surface area contributed by atoms with Gasteiger partial charge in [0.25, 0.3) is 0 Å². The lowest BCUT2D eigenvalue weighted by Crippen LogP contribution is -2.41. The SMILES string of the molecule is CNCC1CCC(C(C)(C)C)CC1C1CCCOC1. The predicted molar refractivity (Wildman–Crippen MR) is 81.2 cm³/mol. The van der Waals surface area contributed by atoms with Crippen LogP contribution in [0.5, 0.6) is 0 Å². The average Bonchev–Trinajstić information content (AvgIpc) is 2.39. The van der Waals surface area contributed by atoms with Crippen LogP contribution in [0.25, 0.3) is 0 Å². The van der Waals surface area contributed by atoms with Gasteiger partial charge >= 0.3 is 0 Å². The fourth-order valence-corrected chi connectivity index (χ4v) is 4.25. The summed E-state index contributed by atoms with van der Waals surface area (Å²) in [5.41, 5.74) is 0.471. The van der Waals surface area contributed by atoms with Gasteiger partial charge in [-0.15, -0.1) is 0 Å². The lowest BCUT2D eigenvalue weighted by molar-refractivity contribution is -0.0148. The van der Waals surface area contributed by atoms with Gasteiger partial charge in [0.2, 0.25) is 0 Å². The van der Waals surface area contributed by atoms with Crippen LogP contribution in [0.15, 0.2) is 0 Å². The van der Waals surface area contributed by atoms with E-state index >= 15 is 0 Å². The summed E-state index contributed by atoms with van der Waals surface area (Å²) in [6, 6.07) is 0. The molecule has 1 saturated carbocycles. The molecule has 1 N–H and O–H groups in total. The predicted octanol–water partition coefficient (Wildman–Crippen LogP) is 3.71. The second kappa shape index (κ2) is 6.58. The fourth-order valence-electron chi connectivity index (χ4n) is 4.25. The zero-order valence-corrected chi connectivity index (χ0v) is 13.4. The molecule has 0 amide bonds. The average molecular weight is 267 g/mol. The molecule has 0 radical (unpaired) electrons. The summed E-state index contributed by atoms with van der Waals surface area (Å²) in [5, 5.41) is 3.42. The molecular formula is C17H33NO. The van der Waals surface area contributed by atoms with Crippen LogP contribution in [0.2, 0.25) is 0 Å². The van der Waals surface area contributed by atoms with Crippen molar-refractivity contribution in [3.8, 4) is 0 Å². The van der Waals surface area contributed by atoms with Crippen molar-refractivity contribution < 1.29 is 4.74 Å². The van der Waals surface area contributed by atoms with E-state index in [4.69, 9.17) is 4.74 Å². The number of hydrogen-bond acceptors (Lipinski definition) is 2. The van der Waals surface area contributed by atoms with E-state index in [0.717, 1.165) is 36.9 Å². The quantitative estimate of drug-likeness (QED) is 0.841. The van der Waals surface area contributed by atoms with Crippen LogP contribution in [0.3, 0.4) is 0 Å². The summed E-state index contributed by atoms with van der Waals surface area (Å²) in [4.78, 5) is 0. The summed E-state index contributed by atoms with van der Waals surface area (Å²) in [7, 11) is 2.10. The molecule has 1 heterocycles. The van der Waals surface area contributed by atoms with E-state index in [1.165, 1.54) is 38.6 Å². The molecule has 1 aliphatic carbocycles. The molecule has 2 aliphatic rings. The minimum absolute atomic E-state index is 0.471. The van der Waals surface area contributed by atoms with Crippen molar-refractivity contribution >= 4 is 0 Å². The van der Waals surface area contributed by atoms with Gasteiger partial charge in [-0.25, -0.2) is 0 Å². The van der Waals surface area contributed by atoms with Crippen molar-refractivity contribution in [2.24, 2.45) is 29.1 Å². The Labute approximate surface area is 119 Å². The Morgan fingerprint density at radius 1 is 1.16 bits per heavy atom. The lowest BCUT2D eigenvalue weighted by atomic mass is 9.62. The standard InChI is InChI=1S/C17H33NO/c1-17(2,3)15-8-7-13(11-18-4)16(10-15)14-6-5-9-19-12-14/h13-16,18H,5-12H2,1-4H3. The van der Waals surface area contributed by atoms with Gasteiger partial charge in [-0.05, 0) is 74.8 Å². The molecule has 4 unspecified atom stereocenters. The van der Waals surface area contributed by atoms with Gasteiger partial charge in [-0.1, -0.05) is 20.8 Å². The van der Waals surface area contributed by atoms with Gasteiger partial charge in [0.05, 0.1) is 0 Å². The molecule has 2 fully saturated rings. The van der Waals surface area contributed by atoms with Crippen LogP contribution < -0.4 is 5.32 Å². The summed E-state index contributed by atoms with van der Waals surface area (Å²) in [5.74, 6) is 3.46. The van der Waals surface area contributed by atoms with E-state index in [-0.39, 0.29) is 0 Å². The van der Waals surface area contributed by atoms with Crippen LogP contribution in [0.4, 0.5) is 0 Å². The summed E-state index contributed by atoms with van der Waals surface area (Å²) >= 11 is 0. The number of hydrogen-bond donors (Lipinski definition) is 1. The molecule has 2 heteroatoms. The maximum absolute atomic E-state index is 5.76. The molecule has 0 spiro atoms. The van der Waals surface area contributed by atoms with E-state index in [1.54, 1.807) is 0 Å². The summed E-state index contributed by atoms with van der Waals surface area (Å²) < 4.78 is 5.76. The highest BCUT2D eigenvalue weighted by atomic mass is 16.5. The van der Waals surface area contributed by atoms with E-state index in [1.807, 2.05) is 0 Å². The molecule has 0 bridgehead atoms. The molecule has 2 nitrogen and oxygen atoms in total. The first-order valence-corrected chi connectivity index (χ1v) is 8.24. The first-order chi connectivity index (χ1) is 9.02. The van der Waals surface area contributed by atoms with Crippen molar-refractivity contribution in [2.75, 3.05) is 26.8 Å². The van der Waals surface area contributed by atoms with Crippen molar-refractivity contribution in [2.45, 2.75) is 52.9 Å². The van der Waals surface area contributed by atoms with Crippen LogP contribution in [0.1, 0.15) is 52.9 Å². The van der Waals surface area contributed by atoms with Gasteiger partial charge < -0.3 is 10.1 Å². The third kappa shape index (κ3) is 3.95. The van der Waals surface area contributed by atoms with Crippen LogP contribution in [-0.4, -0.2) is 26.8 Å². The Morgan fingerprint density at radius 3 is 2.53 bits per heavy atom. The van der Waals surface area contributed by atoms with Crippen molar-refractivity contribution in [3.05, 3.63) is 0 Å². The molecule has 0 aromatic rings. The lowest BCUT2D eigenvalue weighted by Gasteiger charge is -2.45. The molecule has 19 heavy (non-hydrogen) atoms. The van der Waals surface area contributed by atoms with Crippen molar-refractivity contribution in [1.82, 2.24) is 5.32 Å². The van der Waals surface area contributed by atoms with Gasteiger partial charge in [0.15, 0.2) is 0 Å². The third-order valence-corrected chi connectivity index (χ3v) is 5.54. The summed E-state index contributed by atoms with van der Waals surface area (Å²) in [6.45, 7) is 10.5. The molecule has 0 aromatic carbocycles. The molecule has 112 valence electrons. The second-order valence-corrected chi connectivity index (χ2v) is 7.83. The normalized spacial score (nSPS) is 37.3. The minimum atomic E-state index is 0.471. The third-order valence-electron chi connectivity index (χ3n) is 5.54. The van der Waals surface area contributed by atoms with Crippen molar-refractivity contribution in [1.29, 1.82) is 0 Å². The topological polar surface area (TPSA) is 21.3 Å². The second-order valence-electron chi connectivity index (χ2n) is 7.83. The minimum Gasteiger partial charge on any atom is -0.381 e. The number of rotatable bonds is 3. The monoisotopic (exact) mass is 267 g/mol. The van der Waals surface area contributed by atoms with Crippen LogP contribution in [-0.2, 0) is 4.74 Å². The largest absolute Gasteiger partial charge is 0.381 e. The van der Waals surface area contributed by atoms with Gasteiger partial charge in [0.1, 0.15) is 0 Å². The summed E-state index contributed by atoms with van der Waals surface area (Å²) in [6.07, 6.45) is 6.91. The zero-order chi connectivity index (χ0) is 13.9. The number of nitrogens with one attached hydrogen (secondary N) is 1. The molecule has 1 saturated heterocycles. The highest BCUT2D eigenvalue weighted by molar-refractivity contribution is 4.89. The maximum atomic E-state index is 5.76. The Balaban J connectivity index is 2.03. The molecular weight excluding hydrogens is 234 g/mol. The van der Waals surface area contributed by atoms with E-state index in [9.17, 15) is 0 Å². The molecule has 2 rings (SSSR count). The molecule has 0 aromatic heterocycles. The van der Waals surface area contributed by atoms with Crippen LogP contribution >= 0.6 is 0 Å². The van der Waals surface area contributed by atoms with Crippen LogP contribution in [0, 0.1) is 29.1 Å². The Hall–Kier alpha value is -0.0800. The van der Waals surface area contributed by atoms with E-state index < -0.39 is 0 Å². The molecule has 1 aliphatic heterocycles. The first-order valence-electron chi connectivity index (χ1n) is 8.24. The fraction of sp³-hybridized carbons (Fsp3) is 1.00. The Kier molecular flexibility index (Phi) is 5.30. The smallest absolute Gasteiger partial charge is 0.0497 e. The van der Waals surface area contributed by atoms with E-state index in [0.29, 0.717) is 5.41 Å². The number of ether oxygens (including phenoxy) is 1.